The Kier molecular flexibility index (Phi) is 5.42. The Hall–Kier alpha value is -2.92. The van der Waals surface area contributed by atoms with Gasteiger partial charge < -0.3 is 20.9 Å². The number of hydrogen-bond donors (Lipinski definition) is 3. The van der Waals surface area contributed by atoms with Crippen LogP contribution in [0.2, 0.25) is 0 Å². The fourth-order valence-corrected chi connectivity index (χ4v) is 4.19. The predicted octanol–water partition coefficient (Wildman–Crippen LogP) is 2.05. The molecule has 140 valence electrons. The molecule has 0 saturated carbocycles. The first-order chi connectivity index (χ1) is 13.0. The molecule has 1 unspecified atom stereocenters. The highest BCUT2D eigenvalue weighted by Crippen LogP contribution is 2.45. The van der Waals surface area contributed by atoms with Crippen molar-refractivity contribution >= 4 is 23.5 Å². The molecular weight excluding hydrogens is 366 g/mol. The average molecular weight is 385 g/mol. The Morgan fingerprint density at radius 2 is 2.26 bits per heavy atom. The molecule has 1 atom stereocenters. The second-order valence-corrected chi connectivity index (χ2v) is 7.25. The SMILES string of the molecule is COc1cc(C2C(C#N)=C(SCC(N)=O)NC3=C2C(=O)CCC3)ccc1O. The van der Waals surface area contributed by atoms with Gasteiger partial charge in [0.2, 0.25) is 5.91 Å². The average Bonchev–Trinajstić information content (AvgIpc) is 2.65. The van der Waals surface area contributed by atoms with Gasteiger partial charge in [-0.15, -0.1) is 0 Å². The molecule has 1 amide bonds. The summed E-state index contributed by atoms with van der Waals surface area (Å²) in [6.45, 7) is 0. The summed E-state index contributed by atoms with van der Waals surface area (Å²) in [6.07, 6.45) is 1.84. The van der Waals surface area contributed by atoms with E-state index in [1.54, 1.807) is 12.1 Å². The maximum atomic E-state index is 12.7. The van der Waals surface area contributed by atoms with Crippen LogP contribution in [0.15, 0.2) is 40.1 Å². The van der Waals surface area contributed by atoms with E-state index in [1.807, 2.05) is 0 Å². The van der Waals surface area contributed by atoms with E-state index in [4.69, 9.17) is 10.5 Å². The quantitative estimate of drug-likeness (QED) is 0.708. The monoisotopic (exact) mass is 385 g/mol. The van der Waals surface area contributed by atoms with Crippen LogP contribution < -0.4 is 15.8 Å². The first kappa shape index (κ1) is 18.9. The van der Waals surface area contributed by atoms with E-state index in [2.05, 4.69) is 11.4 Å². The molecule has 4 N–H and O–H groups in total. The Morgan fingerprint density at radius 1 is 1.48 bits per heavy atom. The zero-order valence-electron chi connectivity index (χ0n) is 14.7. The van der Waals surface area contributed by atoms with E-state index in [0.29, 0.717) is 34.6 Å². The molecular formula is C19H19N3O4S. The van der Waals surface area contributed by atoms with Gasteiger partial charge in [0.25, 0.3) is 0 Å². The van der Waals surface area contributed by atoms with Crippen LogP contribution in [-0.4, -0.2) is 29.7 Å². The zero-order valence-corrected chi connectivity index (χ0v) is 15.6. The van der Waals surface area contributed by atoms with Crippen molar-refractivity contribution in [3.8, 4) is 17.6 Å². The number of ketones is 1. The van der Waals surface area contributed by atoms with Gasteiger partial charge in [-0.2, -0.15) is 5.26 Å². The fourth-order valence-electron chi connectivity index (χ4n) is 3.39. The molecule has 0 saturated heterocycles. The normalized spacial score (nSPS) is 19.3. The summed E-state index contributed by atoms with van der Waals surface area (Å²) >= 11 is 1.15. The number of Topliss-reactive ketones (excluding diaryl/α,β-unsaturated/α-hetero) is 1. The molecule has 0 radical (unpaired) electrons. The van der Waals surface area contributed by atoms with Crippen LogP contribution in [0.5, 0.6) is 11.5 Å². The van der Waals surface area contributed by atoms with E-state index >= 15 is 0 Å². The molecule has 0 fully saturated rings. The summed E-state index contributed by atoms with van der Waals surface area (Å²) < 4.78 is 5.18. The molecule has 27 heavy (non-hydrogen) atoms. The van der Waals surface area contributed by atoms with E-state index < -0.39 is 11.8 Å². The minimum atomic E-state index is -0.580. The zero-order chi connectivity index (χ0) is 19.6. The van der Waals surface area contributed by atoms with Gasteiger partial charge in [-0.05, 0) is 30.5 Å². The van der Waals surface area contributed by atoms with Crippen molar-refractivity contribution < 1.29 is 19.4 Å². The number of nitrogens with two attached hydrogens (primary N) is 1. The molecule has 7 nitrogen and oxygen atoms in total. The molecule has 1 aliphatic carbocycles. The molecule has 0 aromatic heterocycles. The van der Waals surface area contributed by atoms with E-state index in [0.717, 1.165) is 23.9 Å². The Bertz CT molecular complexity index is 914. The van der Waals surface area contributed by atoms with Crippen LogP contribution in [0.3, 0.4) is 0 Å². The minimum Gasteiger partial charge on any atom is -0.504 e. The lowest BCUT2D eigenvalue weighted by Gasteiger charge is -2.33. The molecule has 1 aromatic carbocycles. The summed E-state index contributed by atoms with van der Waals surface area (Å²) in [4.78, 5) is 23.9. The number of ether oxygens (including phenoxy) is 1. The fraction of sp³-hybridized carbons (Fsp3) is 0.316. The van der Waals surface area contributed by atoms with Crippen molar-refractivity contribution in [1.29, 1.82) is 5.26 Å². The van der Waals surface area contributed by atoms with E-state index in [1.165, 1.54) is 13.2 Å². The van der Waals surface area contributed by atoms with Gasteiger partial charge in [-0.3, -0.25) is 9.59 Å². The van der Waals surface area contributed by atoms with Gasteiger partial charge in [0, 0.05) is 17.7 Å². The second-order valence-electron chi connectivity index (χ2n) is 6.27. The van der Waals surface area contributed by atoms with Gasteiger partial charge in [-0.1, -0.05) is 17.8 Å². The third kappa shape index (κ3) is 3.64. The summed E-state index contributed by atoms with van der Waals surface area (Å²) in [7, 11) is 1.44. The molecule has 1 heterocycles. The standard InChI is InChI=1S/C19H19N3O4S/c1-26-15-7-10(5-6-13(15)23)17-11(8-20)19(27-9-16(21)25)22-12-3-2-4-14(24)18(12)17/h5-7,17,22-23H,2-4,9H2,1H3,(H2,21,25). The molecule has 3 rings (SSSR count). The molecule has 2 aliphatic rings. The van der Waals surface area contributed by atoms with Crippen molar-refractivity contribution in [2.45, 2.75) is 25.2 Å². The number of benzene rings is 1. The van der Waals surface area contributed by atoms with Crippen LogP contribution in [0.25, 0.3) is 0 Å². The maximum Gasteiger partial charge on any atom is 0.227 e. The van der Waals surface area contributed by atoms with E-state index in [9.17, 15) is 20.0 Å². The van der Waals surface area contributed by atoms with Crippen LogP contribution in [-0.2, 0) is 9.59 Å². The Morgan fingerprint density at radius 3 is 2.93 bits per heavy atom. The van der Waals surface area contributed by atoms with Gasteiger partial charge >= 0.3 is 0 Å². The smallest absolute Gasteiger partial charge is 0.227 e. The molecule has 1 aliphatic heterocycles. The van der Waals surface area contributed by atoms with E-state index in [-0.39, 0.29) is 23.0 Å². The molecule has 0 bridgehead atoms. The number of hydrogen-bond acceptors (Lipinski definition) is 7. The lowest BCUT2D eigenvalue weighted by Crippen LogP contribution is -2.31. The number of nitrogens with one attached hydrogen (secondary N) is 1. The van der Waals surface area contributed by atoms with Crippen LogP contribution in [0, 0.1) is 11.3 Å². The second kappa shape index (κ2) is 7.76. The number of allylic oxidation sites excluding steroid dienone is 3. The van der Waals surface area contributed by atoms with Crippen molar-refractivity contribution in [2.24, 2.45) is 5.73 Å². The number of nitrogens with zero attached hydrogens (tertiary/aromatic N) is 1. The van der Waals surface area contributed by atoms with Crippen LogP contribution >= 0.6 is 11.8 Å². The molecule has 8 heteroatoms. The number of primary amides is 1. The predicted molar refractivity (Wildman–Crippen MR) is 101 cm³/mol. The summed E-state index contributed by atoms with van der Waals surface area (Å²) in [5, 5.41) is 23.4. The number of rotatable bonds is 5. The number of carbonyl (C=O) groups is 2. The Balaban J connectivity index is 2.15. The number of nitriles is 1. The first-order valence-corrected chi connectivity index (χ1v) is 9.40. The number of phenolic OH excluding ortho intramolecular Hbond substituents is 1. The number of amides is 1. The molecule has 1 aromatic rings. The highest BCUT2D eigenvalue weighted by Gasteiger charge is 2.37. The summed E-state index contributed by atoms with van der Waals surface area (Å²) in [5.74, 6) is -0.814. The third-order valence-electron chi connectivity index (χ3n) is 4.56. The van der Waals surface area contributed by atoms with Gasteiger partial charge in [0.1, 0.15) is 0 Å². The van der Waals surface area contributed by atoms with Crippen LogP contribution in [0.1, 0.15) is 30.7 Å². The minimum absolute atomic E-state index is 0.00695. The number of carbonyl (C=O) groups excluding carboxylic acids is 2. The van der Waals surface area contributed by atoms with Crippen molar-refractivity contribution in [3.05, 3.63) is 45.6 Å². The largest absolute Gasteiger partial charge is 0.504 e. The Labute approximate surface area is 160 Å². The van der Waals surface area contributed by atoms with Crippen molar-refractivity contribution in [2.75, 3.05) is 12.9 Å². The third-order valence-corrected chi connectivity index (χ3v) is 5.60. The summed E-state index contributed by atoms with van der Waals surface area (Å²) in [5.41, 5.74) is 7.60. The number of phenols is 1. The van der Waals surface area contributed by atoms with Gasteiger partial charge in [0.05, 0.1) is 35.5 Å². The first-order valence-electron chi connectivity index (χ1n) is 8.41. The lowest BCUT2D eigenvalue weighted by atomic mass is 9.77. The van der Waals surface area contributed by atoms with Gasteiger partial charge in [-0.25, -0.2) is 0 Å². The van der Waals surface area contributed by atoms with Gasteiger partial charge in [0.15, 0.2) is 17.3 Å². The maximum absolute atomic E-state index is 12.7. The van der Waals surface area contributed by atoms with Crippen molar-refractivity contribution in [1.82, 2.24) is 5.32 Å². The number of methoxy groups -OCH3 is 1. The summed E-state index contributed by atoms with van der Waals surface area (Å²) in [6, 6.07) is 6.97. The van der Waals surface area contributed by atoms with Crippen LogP contribution in [0.4, 0.5) is 0 Å². The highest BCUT2D eigenvalue weighted by atomic mass is 32.2. The number of thioether (sulfide) groups is 1. The number of aromatic hydroxyl groups is 1. The topological polar surface area (TPSA) is 125 Å². The lowest BCUT2D eigenvalue weighted by molar-refractivity contribution is -0.116. The van der Waals surface area contributed by atoms with Crippen molar-refractivity contribution in [3.63, 3.8) is 0 Å². The highest BCUT2D eigenvalue weighted by molar-refractivity contribution is 8.03. The molecule has 0 spiro atoms. The number of dihydropyridines is 1.